The number of hydrazone groups is 1. The lowest BCUT2D eigenvalue weighted by atomic mass is 10.1. The monoisotopic (exact) mass is 316 g/mol. The van der Waals surface area contributed by atoms with Gasteiger partial charge in [0.2, 0.25) is 0 Å². The summed E-state index contributed by atoms with van der Waals surface area (Å²) in [5.74, 6) is 0.787. The maximum atomic E-state index is 4.66. The van der Waals surface area contributed by atoms with Crippen molar-refractivity contribution < 1.29 is 0 Å². The van der Waals surface area contributed by atoms with Crippen molar-refractivity contribution in [1.29, 1.82) is 0 Å². The van der Waals surface area contributed by atoms with Gasteiger partial charge in [-0.15, -0.1) is 23.3 Å². The highest BCUT2D eigenvalue weighted by Crippen LogP contribution is 2.23. The average molecular weight is 316 g/mol. The van der Waals surface area contributed by atoms with E-state index in [2.05, 4.69) is 73.7 Å². The molecule has 2 heterocycles. The molecule has 0 fully saturated rings. The highest BCUT2D eigenvalue weighted by Gasteiger charge is 2.25. The Morgan fingerprint density at radius 2 is 1.95 bits per heavy atom. The van der Waals surface area contributed by atoms with Crippen LogP contribution in [0.1, 0.15) is 30.5 Å². The third kappa shape index (κ3) is 2.46. The summed E-state index contributed by atoms with van der Waals surface area (Å²) >= 11 is 4.66. The lowest BCUT2D eigenvalue weighted by Crippen LogP contribution is -2.45. The molecule has 0 saturated heterocycles. The maximum Gasteiger partial charge on any atom is 0.177 e. The van der Waals surface area contributed by atoms with Gasteiger partial charge in [0.15, 0.2) is 5.84 Å². The summed E-state index contributed by atoms with van der Waals surface area (Å²) < 4.78 is 1.82. The van der Waals surface area contributed by atoms with Crippen LogP contribution >= 0.6 is 12.6 Å². The highest BCUT2D eigenvalue weighted by molar-refractivity contribution is 7.80. The summed E-state index contributed by atoms with van der Waals surface area (Å²) in [4.78, 5) is 0. The van der Waals surface area contributed by atoms with Crippen LogP contribution in [-0.4, -0.2) is 26.7 Å². The van der Waals surface area contributed by atoms with Gasteiger partial charge < -0.3 is 0 Å². The Morgan fingerprint density at radius 1 is 1.18 bits per heavy atom. The zero-order valence-corrected chi connectivity index (χ0v) is 14.0. The number of nitrogens with one attached hydrogen (secondary N) is 2. The van der Waals surface area contributed by atoms with E-state index < -0.39 is 0 Å². The molecule has 3 rings (SSSR count). The Hall–Kier alpha value is -1.99. The van der Waals surface area contributed by atoms with Gasteiger partial charge in [0.25, 0.3) is 0 Å². The Kier molecular flexibility index (Phi) is 3.84. The molecule has 2 aromatic rings. The molecular formula is C15H20N6S. The molecule has 0 amide bonds. The van der Waals surface area contributed by atoms with Crippen LogP contribution in [0.4, 0.5) is 0 Å². The normalized spacial score (nSPS) is 14.5. The maximum absolute atomic E-state index is 4.66. The quantitative estimate of drug-likeness (QED) is 0.760. The van der Waals surface area contributed by atoms with Crippen molar-refractivity contribution in [3.05, 3.63) is 41.1 Å². The summed E-state index contributed by atoms with van der Waals surface area (Å²) in [5.41, 5.74) is 10.2. The van der Waals surface area contributed by atoms with Gasteiger partial charge in [-0.05, 0) is 51.0 Å². The van der Waals surface area contributed by atoms with E-state index in [1.165, 1.54) is 11.1 Å². The fourth-order valence-corrected chi connectivity index (χ4v) is 2.67. The Morgan fingerprint density at radius 3 is 2.64 bits per heavy atom. The van der Waals surface area contributed by atoms with Crippen LogP contribution < -0.4 is 11.1 Å². The van der Waals surface area contributed by atoms with Crippen molar-refractivity contribution in [2.75, 3.05) is 0 Å². The second-order valence-corrected chi connectivity index (χ2v) is 6.11. The SMILES string of the molecule is Cc1ccc(-n2ncc(C3=NNNN3C(C)C)c2S)cc1C. The van der Waals surface area contributed by atoms with Crippen molar-refractivity contribution in [3.63, 3.8) is 0 Å². The van der Waals surface area contributed by atoms with Gasteiger partial charge in [-0.2, -0.15) is 5.10 Å². The third-order valence-corrected chi connectivity index (χ3v) is 4.23. The minimum Gasteiger partial charge on any atom is -0.268 e. The number of benzene rings is 1. The first-order chi connectivity index (χ1) is 10.5. The lowest BCUT2D eigenvalue weighted by molar-refractivity contribution is 0.246. The van der Waals surface area contributed by atoms with E-state index in [1.807, 2.05) is 15.8 Å². The van der Waals surface area contributed by atoms with Crippen molar-refractivity contribution in [3.8, 4) is 5.69 Å². The van der Waals surface area contributed by atoms with Crippen LogP contribution in [-0.2, 0) is 0 Å². The molecule has 22 heavy (non-hydrogen) atoms. The van der Waals surface area contributed by atoms with Gasteiger partial charge in [0.05, 0.1) is 17.4 Å². The topological polar surface area (TPSA) is 57.5 Å². The second kappa shape index (κ2) is 5.66. The zero-order valence-electron chi connectivity index (χ0n) is 13.1. The summed E-state index contributed by atoms with van der Waals surface area (Å²) in [6.45, 7) is 8.36. The summed E-state index contributed by atoms with van der Waals surface area (Å²) in [7, 11) is 0. The molecule has 2 N–H and O–H groups in total. The van der Waals surface area contributed by atoms with Crippen molar-refractivity contribution in [2.24, 2.45) is 5.10 Å². The fourth-order valence-electron chi connectivity index (χ4n) is 2.35. The molecule has 0 unspecified atom stereocenters. The largest absolute Gasteiger partial charge is 0.268 e. The smallest absolute Gasteiger partial charge is 0.177 e. The minimum atomic E-state index is 0.256. The molecule has 1 aliphatic heterocycles. The van der Waals surface area contributed by atoms with E-state index in [0.29, 0.717) is 0 Å². The fraction of sp³-hybridized carbons (Fsp3) is 0.333. The molecule has 116 valence electrons. The number of thiol groups is 1. The van der Waals surface area contributed by atoms with E-state index in [0.717, 1.165) is 22.1 Å². The first-order valence-corrected chi connectivity index (χ1v) is 7.66. The number of hydrogen-bond donors (Lipinski definition) is 3. The van der Waals surface area contributed by atoms with E-state index >= 15 is 0 Å². The molecular weight excluding hydrogens is 296 g/mol. The molecule has 0 atom stereocenters. The number of aryl methyl sites for hydroxylation is 2. The molecule has 1 aromatic heterocycles. The summed E-state index contributed by atoms with van der Waals surface area (Å²) in [6, 6.07) is 6.51. The number of hydrazine groups is 2. The van der Waals surface area contributed by atoms with E-state index in [4.69, 9.17) is 0 Å². The van der Waals surface area contributed by atoms with Crippen LogP contribution in [0.25, 0.3) is 5.69 Å². The molecule has 0 bridgehead atoms. The first kappa shape index (κ1) is 14.9. The molecule has 1 aromatic carbocycles. The number of hydrogen-bond acceptors (Lipinski definition) is 6. The molecule has 0 radical (unpaired) electrons. The Bertz CT molecular complexity index is 734. The van der Waals surface area contributed by atoms with E-state index in [-0.39, 0.29) is 6.04 Å². The highest BCUT2D eigenvalue weighted by atomic mass is 32.1. The molecule has 6 nitrogen and oxygen atoms in total. The van der Waals surface area contributed by atoms with E-state index in [1.54, 1.807) is 6.20 Å². The zero-order chi connectivity index (χ0) is 15.9. The number of aromatic nitrogens is 2. The molecule has 0 saturated carbocycles. The van der Waals surface area contributed by atoms with Crippen LogP contribution in [0.3, 0.4) is 0 Å². The molecule has 7 heteroatoms. The van der Waals surface area contributed by atoms with Crippen LogP contribution in [0, 0.1) is 13.8 Å². The molecule has 1 aliphatic rings. The summed E-state index contributed by atoms with van der Waals surface area (Å²) in [5, 5.41) is 11.5. The average Bonchev–Trinajstić information content (AvgIpc) is 3.08. The predicted octanol–water partition coefficient (Wildman–Crippen LogP) is 2.17. The predicted molar refractivity (Wildman–Crippen MR) is 90.1 cm³/mol. The minimum absolute atomic E-state index is 0.256. The number of nitrogens with zero attached hydrogens (tertiary/aromatic N) is 4. The van der Waals surface area contributed by atoms with Gasteiger partial charge in [0.1, 0.15) is 5.03 Å². The molecule has 0 spiro atoms. The first-order valence-electron chi connectivity index (χ1n) is 7.21. The van der Waals surface area contributed by atoms with Crippen molar-refractivity contribution in [1.82, 2.24) is 25.9 Å². The standard InChI is InChI=1S/C15H20N6S/c1-9(2)20-14(17-18-19-20)13-8-16-21(15(13)22)12-6-5-10(3)11(4)7-12/h5-9,18-19,22H,1-4H3. The van der Waals surface area contributed by atoms with Crippen LogP contribution in [0.2, 0.25) is 0 Å². The Balaban J connectivity index is 2.00. The third-order valence-electron chi connectivity index (χ3n) is 3.80. The number of amidine groups is 1. The van der Waals surface area contributed by atoms with Gasteiger partial charge in [0, 0.05) is 6.04 Å². The van der Waals surface area contributed by atoms with Gasteiger partial charge in [-0.3, -0.25) is 5.01 Å². The van der Waals surface area contributed by atoms with Crippen LogP contribution in [0.5, 0.6) is 0 Å². The van der Waals surface area contributed by atoms with E-state index in [9.17, 15) is 0 Å². The van der Waals surface area contributed by atoms with Gasteiger partial charge in [-0.1, -0.05) is 6.07 Å². The summed E-state index contributed by atoms with van der Waals surface area (Å²) in [6.07, 6.45) is 1.79. The molecule has 0 aliphatic carbocycles. The number of rotatable bonds is 3. The van der Waals surface area contributed by atoms with Gasteiger partial charge in [-0.25, -0.2) is 10.2 Å². The van der Waals surface area contributed by atoms with Gasteiger partial charge >= 0.3 is 0 Å². The van der Waals surface area contributed by atoms with Crippen LogP contribution in [0.15, 0.2) is 34.5 Å². The lowest BCUT2D eigenvalue weighted by Gasteiger charge is -2.22. The second-order valence-electron chi connectivity index (χ2n) is 5.68. The Labute approximate surface area is 135 Å². The van der Waals surface area contributed by atoms with Crippen molar-refractivity contribution in [2.45, 2.75) is 38.8 Å². The van der Waals surface area contributed by atoms with Crippen molar-refractivity contribution >= 4 is 18.5 Å².